The van der Waals surface area contributed by atoms with Crippen LogP contribution in [0, 0.1) is 10.1 Å². The van der Waals surface area contributed by atoms with E-state index >= 15 is 0 Å². The largest absolute Gasteiger partial charge is 0.494 e. The summed E-state index contributed by atoms with van der Waals surface area (Å²) in [4.78, 5) is 21.6. The summed E-state index contributed by atoms with van der Waals surface area (Å²) in [6.07, 6.45) is 1.18. The van der Waals surface area contributed by atoms with Gasteiger partial charge < -0.3 is 9.15 Å². The SMILES string of the molecule is CCOc1ccc(C(=O)N/N=C/c2ccc([N+](=O)[O-])o2)cc1. The number of nitrogens with zero attached hydrogens (tertiary/aromatic N) is 2. The molecule has 8 nitrogen and oxygen atoms in total. The van der Waals surface area contributed by atoms with Crippen molar-refractivity contribution in [3.05, 3.63) is 57.8 Å². The lowest BCUT2D eigenvalue weighted by Gasteiger charge is -2.03. The maximum absolute atomic E-state index is 11.8. The Labute approximate surface area is 125 Å². The summed E-state index contributed by atoms with van der Waals surface area (Å²) >= 11 is 0. The Morgan fingerprint density at radius 1 is 1.36 bits per heavy atom. The number of amides is 1. The van der Waals surface area contributed by atoms with Crippen molar-refractivity contribution < 1.29 is 18.9 Å². The van der Waals surface area contributed by atoms with E-state index in [1.54, 1.807) is 24.3 Å². The minimum atomic E-state index is -0.657. The molecule has 0 aliphatic carbocycles. The summed E-state index contributed by atoms with van der Waals surface area (Å²) in [6, 6.07) is 9.15. The van der Waals surface area contributed by atoms with Crippen molar-refractivity contribution in [1.29, 1.82) is 0 Å². The van der Waals surface area contributed by atoms with Gasteiger partial charge >= 0.3 is 5.88 Å². The van der Waals surface area contributed by atoms with Crippen molar-refractivity contribution in [3.63, 3.8) is 0 Å². The Morgan fingerprint density at radius 2 is 2.09 bits per heavy atom. The molecule has 114 valence electrons. The second kappa shape index (κ2) is 7.02. The number of ether oxygens (including phenoxy) is 1. The smallest absolute Gasteiger partial charge is 0.433 e. The van der Waals surface area contributed by atoms with Crippen molar-refractivity contribution in [2.45, 2.75) is 6.92 Å². The Morgan fingerprint density at radius 3 is 2.68 bits per heavy atom. The van der Waals surface area contributed by atoms with Gasteiger partial charge in [0.05, 0.1) is 18.9 Å². The summed E-state index contributed by atoms with van der Waals surface area (Å²) < 4.78 is 10.1. The average molecular weight is 303 g/mol. The van der Waals surface area contributed by atoms with E-state index in [1.807, 2.05) is 6.92 Å². The molecule has 22 heavy (non-hydrogen) atoms. The zero-order valence-corrected chi connectivity index (χ0v) is 11.7. The maximum atomic E-state index is 11.8. The number of nitrogens with one attached hydrogen (secondary N) is 1. The van der Waals surface area contributed by atoms with Gasteiger partial charge in [-0.25, -0.2) is 5.43 Å². The van der Waals surface area contributed by atoms with Crippen LogP contribution >= 0.6 is 0 Å². The third-order valence-electron chi connectivity index (χ3n) is 2.58. The van der Waals surface area contributed by atoms with Crippen LogP contribution in [0.1, 0.15) is 23.0 Å². The van der Waals surface area contributed by atoms with Gasteiger partial charge in [0.2, 0.25) is 0 Å². The lowest BCUT2D eigenvalue weighted by Crippen LogP contribution is -2.17. The topological polar surface area (TPSA) is 107 Å². The number of furan rings is 1. The van der Waals surface area contributed by atoms with E-state index in [0.717, 1.165) is 0 Å². The standard InChI is InChI=1S/C14H13N3O5/c1-2-21-11-5-3-10(4-6-11)14(18)16-15-9-12-7-8-13(22-12)17(19)20/h3-9H,2H2,1H3,(H,16,18)/b15-9+. The number of carbonyl (C=O) groups excluding carboxylic acids is 1. The maximum Gasteiger partial charge on any atom is 0.433 e. The molecule has 1 heterocycles. The van der Waals surface area contributed by atoms with Gasteiger partial charge in [-0.15, -0.1) is 0 Å². The molecule has 0 saturated heterocycles. The van der Waals surface area contributed by atoms with E-state index in [9.17, 15) is 14.9 Å². The molecule has 1 aromatic heterocycles. The van der Waals surface area contributed by atoms with Crippen molar-refractivity contribution in [2.75, 3.05) is 6.61 Å². The first-order valence-corrected chi connectivity index (χ1v) is 6.40. The third-order valence-corrected chi connectivity index (χ3v) is 2.58. The van der Waals surface area contributed by atoms with E-state index in [-0.39, 0.29) is 11.6 Å². The highest BCUT2D eigenvalue weighted by atomic mass is 16.6. The van der Waals surface area contributed by atoms with E-state index in [2.05, 4.69) is 10.5 Å². The summed E-state index contributed by atoms with van der Waals surface area (Å²) in [5.74, 6) is 0.0313. The lowest BCUT2D eigenvalue weighted by molar-refractivity contribution is -0.402. The van der Waals surface area contributed by atoms with Crippen LogP contribution < -0.4 is 10.2 Å². The molecule has 0 aliphatic heterocycles. The number of carbonyl (C=O) groups is 1. The van der Waals surface area contributed by atoms with Crippen LogP contribution in [0.5, 0.6) is 5.75 Å². The van der Waals surface area contributed by atoms with Gasteiger partial charge in [0.1, 0.15) is 10.7 Å². The van der Waals surface area contributed by atoms with Gasteiger partial charge in [-0.3, -0.25) is 14.9 Å². The average Bonchev–Trinajstić information content (AvgIpc) is 2.97. The molecule has 0 atom stereocenters. The highest BCUT2D eigenvalue weighted by Crippen LogP contribution is 2.14. The van der Waals surface area contributed by atoms with E-state index in [1.165, 1.54) is 18.3 Å². The molecule has 2 aromatic rings. The quantitative estimate of drug-likeness (QED) is 0.500. The van der Waals surface area contributed by atoms with Crippen LogP contribution in [0.25, 0.3) is 0 Å². The molecule has 0 aliphatic rings. The second-order valence-corrected chi connectivity index (χ2v) is 4.09. The fraction of sp³-hybridized carbons (Fsp3) is 0.143. The van der Waals surface area contributed by atoms with Crippen molar-refractivity contribution in [1.82, 2.24) is 5.43 Å². The number of benzene rings is 1. The lowest BCUT2D eigenvalue weighted by atomic mass is 10.2. The van der Waals surface area contributed by atoms with Gasteiger partial charge in [-0.1, -0.05) is 0 Å². The highest BCUT2D eigenvalue weighted by Gasteiger charge is 2.10. The molecule has 2 rings (SSSR count). The van der Waals surface area contributed by atoms with E-state index in [4.69, 9.17) is 9.15 Å². The van der Waals surface area contributed by atoms with Crippen molar-refractivity contribution in [2.24, 2.45) is 5.10 Å². The summed E-state index contributed by atoms with van der Waals surface area (Å²) in [7, 11) is 0. The molecule has 1 amide bonds. The Balaban J connectivity index is 1.93. The van der Waals surface area contributed by atoms with Gasteiger partial charge in [0.25, 0.3) is 5.91 Å². The van der Waals surface area contributed by atoms with Crippen molar-refractivity contribution >= 4 is 18.0 Å². The first kappa shape index (κ1) is 15.2. The van der Waals surface area contributed by atoms with Crippen molar-refractivity contribution in [3.8, 4) is 5.75 Å². The number of hydrazone groups is 1. The minimum absolute atomic E-state index is 0.165. The molecule has 1 N–H and O–H groups in total. The van der Waals surface area contributed by atoms with Crippen LogP contribution in [0.15, 0.2) is 45.9 Å². The predicted octanol–water partition coefficient (Wildman–Crippen LogP) is 2.35. The predicted molar refractivity (Wildman–Crippen MR) is 78.0 cm³/mol. The third kappa shape index (κ3) is 3.92. The summed E-state index contributed by atoms with van der Waals surface area (Å²) in [6.45, 7) is 2.42. The summed E-state index contributed by atoms with van der Waals surface area (Å²) in [5.41, 5.74) is 2.71. The van der Waals surface area contributed by atoms with Crippen LogP contribution in [0.4, 0.5) is 5.88 Å². The van der Waals surface area contributed by atoms with Gasteiger partial charge in [0.15, 0.2) is 5.76 Å². The van der Waals surface area contributed by atoms with Crippen LogP contribution in [-0.2, 0) is 0 Å². The molecule has 0 saturated carbocycles. The Hall–Kier alpha value is -3.16. The van der Waals surface area contributed by atoms with E-state index < -0.39 is 10.8 Å². The Bertz CT molecular complexity index is 691. The second-order valence-electron chi connectivity index (χ2n) is 4.09. The molecule has 0 bridgehead atoms. The number of hydrogen-bond acceptors (Lipinski definition) is 6. The molecular weight excluding hydrogens is 290 g/mol. The van der Waals surface area contributed by atoms with Crippen LogP contribution in [0.3, 0.4) is 0 Å². The molecule has 1 aromatic carbocycles. The van der Waals surface area contributed by atoms with Crippen LogP contribution in [-0.4, -0.2) is 23.7 Å². The van der Waals surface area contributed by atoms with Crippen LogP contribution in [0.2, 0.25) is 0 Å². The monoisotopic (exact) mass is 303 g/mol. The zero-order valence-electron chi connectivity index (χ0n) is 11.7. The molecule has 8 heteroatoms. The van der Waals surface area contributed by atoms with Gasteiger partial charge in [-0.05, 0) is 37.3 Å². The van der Waals surface area contributed by atoms with Gasteiger partial charge in [-0.2, -0.15) is 5.10 Å². The van der Waals surface area contributed by atoms with E-state index in [0.29, 0.717) is 17.9 Å². The molecule has 0 spiro atoms. The molecule has 0 unspecified atom stereocenters. The summed E-state index contributed by atoms with van der Waals surface area (Å²) in [5, 5.41) is 14.1. The zero-order chi connectivity index (χ0) is 15.9. The fourth-order valence-electron chi connectivity index (χ4n) is 1.60. The van der Waals surface area contributed by atoms with Gasteiger partial charge in [0, 0.05) is 5.56 Å². The minimum Gasteiger partial charge on any atom is -0.494 e. The first-order chi connectivity index (χ1) is 10.6. The number of rotatable bonds is 6. The molecular formula is C14H13N3O5. The normalized spacial score (nSPS) is 10.6. The molecule has 0 fully saturated rings. The molecule has 0 radical (unpaired) electrons. The first-order valence-electron chi connectivity index (χ1n) is 6.40. The highest BCUT2D eigenvalue weighted by molar-refractivity contribution is 5.94. The Kier molecular flexibility index (Phi) is 4.86. The number of hydrogen-bond donors (Lipinski definition) is 1. The number of nitro groups is 1. The fourth-order valence-corrected chi connectivity index (χ4v) is 1.60.